The van der Waals surface area contributed by atoms with Gasteiger partial charge in [-0.05, 0) is 99.2 Å². The average Bonchev–Trinajstić information content (AvgIpc) is 3.06. The van der Waals surface area contributed by atoms with Crippen molar-refractivity contribution < 1.29 is 21.6 Å². The normalized spacial score (nSPS) is 16.0. The number of halogens is 1. The van der Waals surface area contributed by atoms with Crippen molar-refractivity contribution in [2.75, 3.05) is 59.1 Å². The molecule has 2 N–H and O–H groups in total. The lowest BCUT2D eigenvalue weighted by Crippen LogP contribution is -2.33. The average molecular weight is 688 g/mol. The number of hydrogen-bond donors (Lipinski definition) is 2. The van der Waals surface area contributed by atoms with Gasteiger partial charge in [-0.3, -0.25) is 9.52 Å². The molecule has 0 atom stereocenters. The van der Waals surface area contributed by atoms with E-state index in [9.17, 15) is 21.6 Å². The van der Waals surface area contributed by atoms with Gasteiger partial charge in [-0.15, -0.1) is 0 Å². The van der Waals surface area contributed by atoms with Crippen molar-refractivity contribution >= 4 is 60.3 Å². The molecule has 0 spiro atoms. The van der Waals surface area contributed by atoms with Gasteiger partial charge in [0, 0.05) is 61.4 Å². The molecule has 46 heavy (non-hydrogen) atoms. The summed E-state index contributed by atoms with van der Waals surface area (Å²) in [5.41, 5.74) is 2.07. The predicted molar refractivity (Wildman–Crippen MR) is 185 cm³/mol. The van der Waals surface area contributed by atoms with E-state index < -0.39 is 26.0 Å². The molecule has 0 unspecified atom stereocenters. The van der Waals surface area contributed by atoms with Gasteiger partial charge in [-0.2, -0.15) is 4.31 Å². The molecule has 5 rings (SSSR count). The number of sulfonamides is 2. The standard InChI is InChI=1S/C33H42ClN5O5S2/c1-3-39(4-2)46(43,44)28-16-18-30(37-19-7-5-8-20-37)29(24-28)33(40)35-27-15-17-31(38-21-9-6-10-22-38)32(23-27)45(41,42)36-26-13-11-25(34)12-14-26/h11-18,23-24,36H,3-10,19-22H2,1-2H3,(H,35,40). The van der Waals surface area contributed by atoms with E-state index >= 15 is 0 Å². The highest BCUT2D eigenvalue weighted by Gasteiger charge is 2.28. The van der Waals surface area contributed by atoms with E-state index in [-0.39, 0.29) is 21.0 Å². The summed E-state index contributed by atoms with van der Waals surface area (Å²) in [5.74, 6) is -0.517. The van der Waals surface area contributed by atoms with Crippen LogP contribution in [0.1, 0.15) is 62.7 Å². The van der Waals surface area contributed by atoms with Crippen LogP contribution >= 0.6 is 11.6 Å². The highest BCUT2D eigenvalue weighted by atomic mass is 35.5. The van der Waals surface area contributed by atoms with Crippen molar-refractivity contribution in [2.24, 2.45) is 0 Å². The van der Waals surface area contributed by atoms with E-state index in [0.717, 1.165) is 64.7 Å². The lowest BCUT2D eigenvalue weighted by molar-refractivity contribution is 0.102. The zero-order valence-corrected chi connectivity index (χ0v) is 28.7. The molecule has 2 aliphatic heterocycles. The highest BCUT2D eigenvalue weighted by molar-refractivity contribution is 7.93. The highest BCUT2D eigenvalue weighted by Crippen LogP contribution is 2.34. The number of rotatable bonds is 11. The SMILES string of the molecule is CCN(CC)S(=O)(=O)c1ccc(N2CCCCC2)c(C(=O)Nc2ccc(N3CCCCC3)c(S(=O)(=O)Nc3ccc(Cl)cc3)c2)c1. The number of carbonyl (C=O) groups excluding carboxylic acids is 1. The maximum atomic E-state index is 14.0. The summed E-state index contributed by atoms with van der Waals surface area (Å²) in [7, 11) is -7.90. The van der Waals surface area contributed by atoms with Gasteiger partial charge in [0.05, 0.1) is 16.1 Å². The Bertz CT molecular complexity index is 1750. The summed E-state index contributed by atoms with van der Waals surface area (Å²) in [6, 6.07) is 16.0. The van der Waals surface area contributed by atoms with E-state index in [2.05, 4.69) is 19.8 Å². The first-order valence-electron chi connectivity index (χ1n) is 15.9. The number of benzene rings is 3. The molecular formula is C33H42ClN5O5S2. The lowest BCUT2D eigenvalue weighted by atomic mass is 10.1. The second-order valence-electron chi connectivity index (χ2n) is 11.6. The molecule has 13 heteroatoms. The van der Waals surface area contributed by atoms with Crippen molar-refractivity contribution in [1.82, 2.24) is 4.31 Å². The maximum absolute atomic E-state index is 14.0. The Labute approximate surface area is 277 Å². The zero-order chi connectivity index (χ0) is 32.9. The molecule has 0 saturated carbocycles. The monoisotopic (exact) mass is 687 g/mol. The van der Waals surface area contributed by atoms with Crippen LogP contribution in [0.15, 0.2) is 70.5 Å². The minimum atomic E-state index is -4.07. The van der Waals surface area contributed by atoms with E-state index in [0.29, 0.717) is 35.2 Å². The van der Waals surface area contributed by atoms with Crippen LogP contribution in [0.3, 0.4) is 0 Å². The third kappa shape index (κ3) is 7.62. The van der Waals surface area contributed by atoms with E-state index in [1.165, 1.54) is 16.4 Å². The summed E-state index contributed by atoms with van der Waals surface area (Å²) in [6.07, 6.45) is 6.03. The van der Waals surface area contributed by atoms with E-state index in [1.807, 2.05) is 0 Å². The Morgan fingerprint density at radius 3 is 1.87 bits per heavy atom. The van der Waals surface area contributed by atoms with Crippen LogP contribution in [0.4, 0.5) is 22.7 Å². The molecule has 0 aliphatic carbocycles. The third-order valence-electron chi connectivity index (χ3n) is 8.55. The van der Waals surface area contributed by atoms with Crippen molar-refractivity contribution in [2.45, 2.75) is 62.2 Å². The van der Waals surface area contributed by atoms with Gasteiger partial charge in [-0.1, -0.05) is 25.4 Å². The molecule has 2 fully saturated rings. The Morgan fingerprint density at radius 1 is 0.739 bits per heavy atom. The van der Waals surface area contributed by atoms with Crippen molar-refractivity contribution in [3.8, 4) is 0 Å². The quantitative estimate of drug-likeness (QED) is 0.239. The van der Waals surface area contributed by atoms with Gasteiger partial charge in [0.25, 0.3) is 15.9 Å². The Morgan fingerprint density at radius 2 is 1.28 bits per heavy atom. The fraction of sp³-hybridized carbons (Fsp3) is 0.424. The molecule has 0 radical (unpaired) electrons. The van der Waals surface area contributed by atoms with Crippen molar-refractivity contribution in [3.63, 3.8) is 0 Å². The minimum Gasteiger partial charge on any atom is -0.371 e. The van der Waals surface area contributed by atoms with Gasteiger partial charge in [0.15, 0.2) is 0 Å². The molecule has 1 amide bonds. The van der Waals surface area contributed by atoms with Crippen LogP contribution in [-0.4, -0.2) is 66.3 Å². The second kappa shape index (κ2) is 14.6. The van der Waals surface area contributed by atoms with Crippen LogP contribution < -0.4 is 19.8 Å². The molecule has 2 saturated heterocycles. The maximum Gasteiger partial charge on any atom is 0.264 e. The number of nitrogens with one attached hydrogen (secondary N) is 2. The molecule has 248 valence electrons. The minimum absolute atomic E-state index is 0.0382. The first-order chi connectivity index (χ1) is 22.0. The van der Waals surface area contributed by atoms with Gasteiger partial charge >= 0.3 is 0 Å². The van der Waals surface area contributed by atoms with Crippen LogP contribution in [0, 0.1) is 0 Å². The second-order valence-corrected chi connectivity index (χ2v) is 15.6. The van der Waals surface area contributed by atoms with Crippen LogP contribution in [0.5, 0.6) is 0 Å². The first kappa shape index (κ1) is 34.0. The van der Waals surface area contributed by atoms with Gasteiger partial charge in [0.2, 0.25) is 10.0 Å². The molecule has 3 aromatic carbocycles. The van der Waals surface area contributed by atoms with Gasteiger partial charge in [-0.25, -0.2) is 16.8 Å². The number of piperidine rings is 2. The number of anilines is 4. The third-order valence-corrected chi connectivity index (χ3v) is 12.3. The first-order valence-corrected chi connectivity index (χ1v) is 19.2. The summed E-state index contributed by atoms with van der Waals surface area (Å²) < 4.78 is 58.5. The summed E-state index contributed by atoms with van der Waals surface area (Å²) in [5, 5.41) is 3.37. The predicted octanol–water partition coefficient (Wildman–Crippen LogP) is 6.40. The number of amides is 1. The molecule has 0 aromatic heterocycles. The summed E-state index contributed by atoms with van der Waals surface area (Å²) in [6.45, 7) is 7.12. The molecule has 2 heterocycles. The van der Waals surface area contributed by atoms with Crippen LogP contribution in [0.25, 0.3) is 0 Å². The smallest absolute Gasteiger partial charge is 0.264 e. The van der Waals surface area contributed by atoms with Crippen LogP contribution in [0.2, 0.25) is 5.02 Å². The fourth-order valence-corrected chi connectivity index (χ4v) is 9.03. The van der Waals surface area contributed by atoms with E-state index in [1.54, 1.807) is 62.4 Å². The number of hydrogen-bond acceptors (Lipinski definition) is 7. The zero-order valence-electron chi connectivity index (χ0n) is 26.3. The summed E-state index contributed by atoms with van der Waals surface area (Å²) in [4.78, 5) is 18.2. The lowest BCUT2D eigenvalue weighted by Gasteiger charge is -2.31. The van der Waals surface area contributed by atoms with E-state index in [4.69, 9.17) is 11.6 Å². The molecule has 2 aliphatic rings. The Balaban J connectivity index is 1.53. The Kier molecular flexibility index (Phi) is 10.8. The molecular weight excluding hydrogens is 646 g/mol. The molecule has 10 nitrogen and oxygen atoms in total. The fourth-order valence-electron chi connectivity index (χ4n) is 6.11. The topological polar surface area (TPSA) is 119 Å². The largest absolute Gasteiger partial charge is 0.371 e. The van der Waals surface area contributed by atoms with Crippen LogP contribution in [-0.2, 0) is 20.0 Å². The number of nitrogens with zero attached hydrogens (tertiary/aromatic N) is 3. The number of carbonyl (C=O) groups is 1. The molecule has 0 bridgehead atoms. The Hall–Kier alpha value is -3.32. The van der Waals surface area contributed by atoms with Gasteiger partial charge in [0.1, 0.15) is 4.90 Å². The van der Waals surface area contributed by atoms with Crippen molar-refractivity contribution in [1.29, 1.82) is 0 Å². The molecule has 3 aromatic rings. The van der Waals surface area contributed by atoms with Crippen molar-refractivity contribution in [3.05, 3.63) is 71.2 Å². The van der Waals surface area contributed by atoms with Gasteiger partial charge < -0.3 is 15.1 Å². The summed E-state index contributed by atoms with van der Waals surface area (Å²) >= 11 is 6.01.